The molecule has 1 aliphatic rings. The van der Waals surface area contributed by atoms with E-state index in [1.807, 2.05) is 13.8 Å². The zero-order valence-electron chi connectivity index (χ0n) is 17.8. The highest BCUT2D eigenvalue weighted by Crippen LogP contribution is 2.36. The van der Waals surface area contributed by atoms with E-state index < -0.39 is 11.9 Å². The summed E-state index contributed by atoms with van der Waals surface area (Å²) in [5, 5.41) is 11.0. The molecule has 1 fully saturated rings. The summed E-state index contributed by atoms with van der Waals surface area (Å²) < 4.78 is 6.20. The maximum absolute atomic E-state index is 6.20. The molecule has 0 aromatic heterocycles. The second-order valence-corrected chi connectivity index (χ2v) is 8.90. The van der Waals surface area contributed by atoms with E-state index in [1.165, 1.54) is 26.9 Å². The van der Waals surface area contributed by atoms with E-state index in [4.69, 9.17) is 14.5 Å². The van der Waals surface area contributed by atoms with Crippen molar-refractivity contribution in [1.29, 1.82) is 0 Å². The van der Waals surface area contributed by atoms with Crippen LogP contribution in [0.25, 0.3) is 32.3 Å². The third-order valence-corrected chi connectivity index (χ3v) is 5.87. The van der Waals surface area contributed by atoms with Crippen LogP contribution in [-0.2, 0) is 14.5 Å². The van der Waals surface area contributed by atoms with Gasteiger partial charge in [-0.1, -0.05) is 74.5 Å². The summed E-state index contributed by atoms with van der Waals surface area (Å²) in [4.78, 5) is 11.1. The second kappa shape index (κ2) is 7.24. The van der Waals surface area contributed by atoms with Gasteiger partial charge in [0.2, 0.25) is 0 Å². The highest BCUT2D eigenvalue weighted by atomic mass is 17.2. The van der Waals surface area contributed by atoms with Crippen molar-refractivity contribution in [2.75, 3.05) is 5.32 Å². The fraction of sp³-hybridized carbons (Fsp3) is 0.308. The molecule has 4 heteroatoms. The first-order valence-electron chi connectivity index (χ1n) is 10.5. The van der Waals surface area contributed by atoms with Gasteiger partial charge in [-0.25, -0.2) is 9.78 Å². The van der Waals surface area contributed by atoms with E-state index in [9.17, 15) is 0 Å². The first-order chi connectivity index (χ1) is 14.4. The van der Waals surface area contributed by atoms with Gasteiger partial charge in [0.1, 0.15) is 5.60 Å². The lowest BCUT2D eigenvalue weighted by Crippen LogP contribution is -2.54. The van der Waals surface area contributed by atoms with Gasteiger partial charge in [-0.3, -0.25) is 0 Å². The van der Waals surface area contributed by atoms with E-state index in [0.717, 1.165) is 11.1 Å². The van der Waals surface area contributed by atoms with Crippen LogP contribution < -0.4 is 5.32 Å². The number of nitrogens with one attached hydrogen (secondary N) is 1. The number of hydrogen-bond donors (Lipinski definition) is 1. The van der Waals surface area contributed by atoms with E-state index >= 15 is 0 Å². The Bertz CT molecular complexity index is 1230. The zero-order chi connectivity index (χ0) is 20.9. The summed E-state index contributed by atoms with van der Waals surface area (Å²) in [6.07, 6.45) is -0.741. The van der Waals surface area contributed by atoms with Crippen LogP contribution in [0.5, 0.6) is 0 Å². The molecule has 1 heterocycles. The minimum atomic E-state index is -0.624. The van der Waals surface area contributed by atoms with E-state index in [0.29, 0.717) is 0 Å². The molecule has 4 aromatic rings. The first-order valence-corrected chi connectivity index (χ1v) is 10.5. The number of rotatable bonds is 3. The third kappa shape index (κ3) is 3.21. The van der Waals surface area contributed by atoms with Crippen LogP contribution in [-0.4, -0.2) is 18.1 Å². The predicted octanol–water partition coefficient (Wildman–Crippen LogP) is 6.62. The molecule has 0 radical (unpaired) electrons. The second-order valence-electron chi connectivity index (χ2n) is 8.90. The van der Waals surface area contributed by atoms with Gasteiger partial charge in [-0.15, -0.1) is 0 Å². The molecule has 0 aliphatic carbocycles. The molecule has 4 aromatic carbocycles. The smallest absolute Gasteiger partial charge is 0.196 e. The SMILES string of the molecule is CC(C)C1OOC(C)(C)C(Nc2cccc3c2ccc2c4ccccc4ccc32)O1. The Balaban J connectivity index is 1.60. The summed E-state index contributed by atoms with van der Waals surface area (Å²) >= 11 is 0. The molecular weight excluding hydrogens is 374 g/mol. The Hall–Kier alpha value is -2.66. The lowest BCUT2D eigenvalue weighted by Gasteiger charge is -2.42. The summed E-state index contributed by atoms with van der Waals surface area (Å²) in [6, 6.07) is 23.7. The van der Waals surface area contributed by atoms with Crippen molar-refractivity contribution in [3.8, 4) is 0 Å². The van der Waals surface area contributed by atoms with Crippen LogP contribution >= 0.6 is 0 Å². The van der Waals surface area contributed by atoms with Crippen molar-refractivity contribution < 1.29 is 14.5 Å². The highest BCUT2D eigenvalue weighted by molar-refractivity contribution is 6.19. The Morgan fingerprint density at radius 2 is 1.43 bits per heavy atom. The van der Waals surface area contributed by atoms with Gasteiger partial charge in [0, 0.05) is 17.0 Å². The van der Waals surface area contributed by atoms with Crippen LogP contribution in [0.4, 0.5) is 5.69 Å². The van der Waals surface area contributed by atoms with Crippen molar-refractivity contribution in [3.63, 3.8) is 0 Å². The molecule has 1 aliphatic heterocycles. The summed E-state index contributed by atoms with van der Waals surface area (Å²) in [5.74, 6) is 0.190. The minimum absolute atomic E-state index is 0.190. The van der Waals surface area contributed by atoms with Gasteiger partial charge in [-0.2, -0.15) is 0 Å². The van der Waals surface area contributed by atoms with Crippen molar-refractivity contribution in [2.24, 2.45) is 5.92 Å². The van der Waals surface area contributed by atoms with Gasteiger partial charge in [0.25, 0.3) is 0 Å². The molecule has 2 atom stereocenters. The predicted molar refractivity (Wildman–Crippen MR) is 122 cm³/mol. The van der Waals surface area contributed by atoms with Crippen LogP contribution in [0.1, 0.15) is 27.7 Å². The molecule has 4 nitrogen and oxygen atoms in total. The fourth-order valence-electron chi connectivity index (χ4n) is 4.14. The number of anilines is 1. The first kappa shape index (κ1) is 19.3. The molecule has 2 unspecified atom stereocenters. The molecule has 1 N–H and O–H groups in total. The van der Waals surface area contributed by atoms with Gasteiger partial charge < -0.3 is 10.1 Å². The molecule has 0 amide bonds. The summed E-state index contributed by atoms with van der Waals surface area (Å²) in [5.41, 5.74) is 0.397. The van der Waals surface area contributed by atoms with Crippen LogP contribution in [0, 0.1) is 5.92 Å². The standard InChI is InChI=1S/C26H27NO3/c1-16(2)24-28-25(26(3,4)30-29-24)27-23-11-7-10-19-21-13-12-17-8-5-6-9-18(17)20(21)14-15-22(19)23/h5-16,24-25,27H,1-4H3. The van der Waals surface area contributed by atoms with E-state index in [2.05, 4.69) is 85.9 Å². The molecule has 5 rings (SSSR count). The number of hydrogen-bond acceptors (Lipinski definition) is 4. The normalized spacial score (nSPS) is 21.5. The van der Waals surface area contributed by atoms with E-state index in [1.54, 1.807) is 0 Å². The van der Waals surface area contributed by atoms with Crippen molar-refractivity contribution in [3.05, 3.63) is 66.7 Å². The fourth-order valence-corrected chi connectivity index (χ4v) is 4.14. The molecular formula is C26H27NO3. The Kier molecular flexibility index (Phi) is 4.66. The van der Waals surface area contributed by atoms with Crippen LogP contribution in [0.15, 0.2) is 66.7 Å². The lowest BCUT2D eigenvalue weighted by molar-refractivity contribution is -0.485. The van der Waals surface area contributed by atoms with Crippen molar-refractivity contribution in [2.45, 2.75) is 45.8 Å². The molecule has 1 saturated heterocycles. The van der Waals surface area contributed by atoms with Gasteiger partial charge >= 0.3 is 0 Å². The number of fused-ring (bicyclic) bond motifs is 5. The summed E-state index contributed by atoms with van der Waals surface area (Å²) in [7, 11) is 0. The minimum Gasteiger partial charge on any atom is -0.357 e. The number of ether oxygens (including phenoxy) is 1. The Labute approximate surface area is 176 Å². The van der Waals surface area contributed by atoms with Crippen LogP contribution in [0.3, 0.4) is 0 Å². The van der Waals surface area contributed by atoms with Crippen molar-refractivity contribution >= 4 is 38.0 Å². The molecule has 0 saturated carbocycles. The Morgan fingerprint density at radius 3 is 2.27 bits per heavy atom. The van der Waals surface area contributed by atoms with Crippen LogP contribution in [0.2, 0.25) is 0 Å². The topological polar surface area (TPSA) is 39.7 Å². The third-order valence-electron chi connectivity index (χ3n) is 5.87. The molecule has 0 spiro atoms. The van der Waals surface area contributed by atoms with Gasteiger partial charge in [-0.05, 0) is 46.8 Å². The molecule has 154 valence electrons. The Morgan fingerprint density at radius 1 is 0.767 bits per heavy atom. The highest BCUT2D eigenvalue weighted by Gasteiger charge is 2.41. The van der Waals surface area contributed by atoms with Crippen molar-refractivity contribution in [1.82, 2.24) is 0 Å². The average Bonchev–Trinajstić information content (AvgIpc) is 2.74. The van der Waals surface area contributed by atoms with E-state index in [-0.39, 0.29) is 12.1 Å². The maximum Gasteiger partial charge on any atom is 0.196 e. The lowest BCUT2D eigenvalue weighted by atomic mass is 9.96. The average molecular weight is 402 g/mol. The zero-order valence-corrected chi connectivity index (χ0v) is 17.8. The number of benzene rings is 4. The quantitative estimate of drug-likeness (QED) is 0.309. The van der Waals surface area contributed by atoms with Gasteiger partial charge in [0.05, 0.1) is 0 Å². The maximum atomic E-state index is 6.20. The van der Waals surface area contributed by atoms with Gasteiger partial charge in [0.15, 0.2) is 12.5 Å². The largest absolute Gasteiger partial charge is 0.357 e. The summed E-state index contributed by atoms with van der Waals surface area (Å²) in [6.45, 7) is 8.04. The molecule has 30 heavy (non-hydrogen) atoms. The molecule has 0 bridgehead atoms. The monoisotopic (exact) mass is 401 g/mol.